The van der Waals surface area contributed by atoms with Crippen LogP contribution in [0.3, 0.4) is 0 Å². The first kappa shape index (κ1) is 11.6. The summed E-state index contributed by atoms with van der Waals surface area (Å²) in [6, 6.07) is 0. The van der Waals surface area contributed by atoms with Crippen molar-refractivity contribution < 1.29 is 19.5 Å². The minimum absolute atomic E-state index is 1.40. The van der Waals surface area contributed by atoms with Gasteiger partial charge in [-0.25, -0.2) is 0 Å². The summed E-state index contributed by atoms with van der Waals surface area (Å²) in [7, 11) is 0. The molecular formula is C3H2N6O7. The highest BCUT2D eigenvalue weighted by atomic mass is 16.7. The molecule has 16 heavy (non-hydrogen) atoms. The second-order valence-electron chi connectivity index (χ2n) is 2.49. The maximum atomic E-state index is 11.3. The van der Waals surface area contributed by atoms with Crippen molar-refractivity contribution in [1.29, 1.82) is 0 Å². The van der Waals surface area contributed by atoms with Gasteiger partial charge < -0.3 is 25.4 Å². The topological polar surface area (TPSA) is 191 Å². The predicted octanol–water partition coefficient (Wildman–Crippen LogP) is -1.50. The van der Waals surface area contributed by atoms with E-state index in [-0.39, 0.29) is 0 Å². The first-order valence-electron chi connectivity index (χ1n) is 3.35. The van der Waals surface area contributed by atoms with Gasteiger partial charge in [-0.3, -0.25) is 10.1 Å². The van der Waals surface area contributed by atoms with Crippen LogP contribution in [0.2, 0.25) is 0 Å². The Morgan fingerprint density at radius 1 is 1.06 bits per heavy atom. The summed E-state index contributed by atoms with van der Waals surface area (Å²) in [5.41, 5.74) is 0. The molecule has 0 saturated carbocycles. The van der Waals surface area contributed by atoms with Gasteiger partial charge in [0.15, 0.2) is 0 Å². The van der Waals surface area contributed by atoms with E-state index < -0.39 is 37.1 Å². The second-order valence-corrected chi connectivity index (χ2v) is 2.49. The summed E-state index contributed by atoms with van der Waals surface area (Å²) in [4.78, 5) is 29.2. The third-order valence-electron chi connectivity index (χ3n) is 1.53. The number of hydroxylamine groups is 2. The number of aliphatic imine (C=N–C) groups is 1. The van der Waals surface area contributed by atoms with E-state index >= 15 is 0 Å². The molecule has 86 valence electrons. The summed E-state index contributed by atoms with van der Waals surface area (Å²) in [6.07, 6.45) is 0. The summed E-state index contributed by atoms with van der Waals surface area (Å²) >= 11 is 0. The van der Waals surface area contributed by atoms with Gasteiger partial charge in [0.1, 0.15) is 4.92 Å². The van der Waals surface area contributed by atoms with Crippen LogP contribution in [0.25, 0.3) is 0 Å². The van der Waals surface area contributed by atoms with Crippen LogP contribution in [0.1, 0.15) is 0 Å². The average Bonchev–Trinajstić information content (AvgIpc) is 2.36. The Labute approximate surface area is 84.7 Å². The number of nitrogens with two attached hydrogens (primary N) is 1. The first-order chi connectivity index (χ1) is 7.19. The molecule has 0 amide bonds. The van der Waals surface area contributed by atoms with Gasteiger partial charge in [0.2, 0.25) is 0 Å². The molecule has 0 radical (unpaired) electrons. The molecule has 0 aliphatic carbocycles. The lowest BCUT2D eigenvalue weighted by molar-refractivity contribution is -0.860. The summed E-state index contributed by atoms with van der Waals surface area (Å²) in [6.45, 7) is 0. The highest BCUT2D eigenvalue weighted by molar-refractivity contribution is 5.68. The minimum Gasteiger partial charge on any atom is -0.591 e. The van der Waals surface area contributed by atoms with E-state index in [1.807, 2.05) is 0 Å². The molecule has 1 rings (SSSR count). The molecule has 1 aliphatic heterocycles. The van der Waals surface area contributed by atoms with E-state index in [4.69, 9.17) is 5.84 Å². The zero-order chi connectivity index (χ0) is 12.7. The van der Waals surface area contributed by atoms with E-state index in [2.05, 4.69) is 4.99 Å². The molecule has 1 aliphatic rings. The van der Waals surface area contributed by atoms with Crippen LogP contribution >= 0.6 is 0 Å². The van der Waals surface area contributed by atoms with Gasteiger partial charge in [0.05, 0.1) is 4.99 Å². The molecule has 0 bridgehead atoms. The van der Waals surface area contributed by atoms with Crippen LogP contribution in [-0.4, -0.2) is 25.5 Å². The molecule has 2 N–H and O–H groups in total. The number of hydrogen-bond donors (Lipinski definition) is 1. The predicted molar refractivity (Wildman–Crippen MR) is 43.3 cm³/mol. The number of guanidine groups is 1. The molecular weight excluding hydrogens is 232 g/mol. The Kier molecular flexibility index (Phi) is 2.36. The Balaban J connectivity index is 3.46. The quantitative estimate of drug-likeness (QED) is 0.196. The lowest BCUT2D eigenvalue weighted by Crippen LogP contribution is -2.55. The zero-order valence-corrected chi connectivity index (χ0v) is 7.17. The number of quaternary nitrogens is 1. The highest BCUT2D eigenvalue weighted by Gasteiger charge is 2.60. The molecule has 0 aromatic carbocycles. The molecule has 13 heteroatoms. The Morgan fingerprint density at radius 3 is 1.81 bits per heavy atom. The van der Waals surface area contributed by atoms with E-state index in [1.165, 1.54) is 0 Å². The monoisotopic (exact) mass is 234 g/mol. The molecule has 1 atom stereocenters. The average molecular weight is 234 g/mol. The molecule has 13 nitrogen and oxygen atoms in total. The van der Waals surface area contributed by atoms with Crippen LogP contribution in [0.15, 0.2) is 16.6 Å². The third kappa shape index (κ3) is 1.45. The van der Waals surface area contributed by atoms with E-state index in [1.54, 1.807) is 0 Å². The molecule has 0 fully saturated rings. The Bertz CT molecular complexity index is 461. The lowest BCUT2D eigenvalue weighted by Gasteiger charge is -2.21. The SMILES string of the molecule is N[N+]1([O-])C([N+](=O)[O-])=NC([N+](=O)[O-])=C1[N+](=O)[O-]. The van der Waals surface area contributed by atoms with Gasteiger partial charge in [-0.1, -0.05) is 4.76 Å². The standard InChI is InChI=1S/C3H2N6O7/c4-9(16)2(7(12)13)1(6(10)11)5-3(9)8(14)15/h4H2. The van der Waals surface area contributed by atoms with Crippen LogP contribution in [0, 0.1) is 35.6 Å². The highest BCUT2D eigenvalue weighted by Crippen LogP contribution is 2.25. The fourth-order valence-electron chi connectivity index (χ4n) is 0.950. The number of nitro groups is 3. The maximum absolute atomic E-state index is 11.3. The van der Waals surface area contributed by atoms with E-state index in [0.717, 1.165) is 0 Å². The Morgan fingerprint density at radius 2 is 1.56 bits per heavy atom. The molecule has 1 heterocycles. The van der Waals surface area contributed by atoms with Crippen LogP contribution in [0.5, 0.6) is 0 Å². The summed E-state index contributed by atoms with van der Waals surface area (Å²) in [5.74, 6) is -0.197. The van der Waals surface area contributed by atoms with Gasteiger partial charge in [0.25, 0.3) is 0 Å². The van der Waals surface area contributed by atoms with Crippen LogP contribution < -0.4 is 5.84 Å². The number of rotatable bonds is 2. The minimum atomic E-state index is -2.73. The van der Waals surface area contributed by atoms with Gasteiger partial charge in [-0.05, 0) is 4.92 Å². The smallest absolute Gasteiger partial charge is 0.573 e. The molecule has 1 unspecified atom stereocenters. The number of nitrogens with zero attached hydrogens (tertiary/aromatic N) is 5. The largest absolute Gasteiger partial charge is 0.591 e. The molecule has 0 aromatic rings. The lowest BCUT2D eigenvalue weighted by atomic mass is 10.6. The summed E-state index contributed by atoms with van der Waals surface area (Å²) in [5, 5.41) is 42.2. The molecule has 0 saturated heterocycles. The van der Waals surface area contributed by atoms with E-state index in [0.29, 0.717) is 0 Å². The van der Waals surface area contributed by atoms with Crippen molar-refractivity contribution >= 4 is 5.96 Å². The van der Waals surface area contributed by atoms with Crippen molar-refractivity contribution in [3.05, 3.63) is 47.2 Å². The van der Waals surface area contributed by atoms with Gasteiger partial charge in [-0.2, -0.15) is 5.84 Å². The maximum Gasteiger partial charge on any atom is 0.573 e. The van der Waals surface area contributed by atoms with Crippen molar-refractivity contribution in [2.45, 2.75) is 0 Å². The van der Waals surface area contributed by atoms with E-state index in [9.17, 15) is 35.6 Å². The fourth-order valence-corrected chi connectivity index (χ4v) is 0.950. The van der Waals surface area contributed by atoms with Crippen molar-refractivity contribution in [2.24, 2.45) is 10.8 Å². The Hall–Kier alpha value is -2.51. The number of hydrogen-bond acceptors (Lipinski definition) is 9. The van der Waals surface area contributed by atoms with Crippen molar-refractivity contribution in [2.75, 3.05) is 0 Å². The third-order valence-corrected chi connectivity index (χ3v) is 1.53. The zero-order valence-electron chi connectivity index (χ0n) is 7.17. The fraction of sp³-hybridized carbons (Fsp3) is 0. The van der Waals surface area contributed by atoms with Crippen molar-refractivity contribution in [1.82, 2.24) is 0 Å². The summed E-state index contributed by atoms with van der Waals surface area (Å²) < 4.78 is -2.73. The van der Waals surface area contributed by atoms with Crippen molar-refractivity contribution in [3.8, 4) is 0 Å². The van der Waals surface area contributed by atoms with Gasteiger partial charge in [0, 0.05) is 4.92 Å². The van der Waals surface area contributed by atoms with Crippen LogP contribution in [-0.2, 0) is 0 Å². The normalized spacial score (nSPS) is 24.2. The molecule has 0 aromatic heterocycles. The van der Waals surface area contributed by atoms with Gasteiger partial charge in [-0.15, -0.1) is 0 Å². The van der Waals surface area contributed by atoms with Crippen molar-refractivity contribution in [3.63, 3.8) is 0 Å². The van der Waals surface area contributed by atoms with Gasteiger partial charge >= 0.3 is 17.6 Å². The molecule has 0 spiro atoms. The second kappa shape index (κ2) is 3.26. The van der Waals surface area contributed by atoms with Crippen LogP contribution in [0.4, 0.5) is 0 Å². The first-order valence-corrected chi connectivity index (χ1v) is 3.35.